The molecule has 4 aromatic carbocycles. The molecule has 0 saturated heterocycles. The molecular formula is C33H37N3O2. The first-order chi connectivity index (χ1) is 18.6. The second-order valence-corrected chi connectivity index (χ2v) is 10.1. The lowest BCUT2D eigenvalue weighted by molar-refractivity contribution is -0.0110. The van der Waals surface area contributed by atoms with Gasteiger partial charge in [-0.15, -0.1) is 0 Å². The molecule has 38 heavy (non-hydrogen) atoms. The van der Waals surface area contributed by atoms with Crippen LogP contribution in [-0.2, 0) is 11.3 Å². The summed E-state index contributed by atoms with van der Waals surface area (Å²) in [5.41, 5.74) is 4.60. The van der Waals surface area contributed by atoms with Gasteiger partial charge in [-0.25, -0.2) is 0 Å². The first kappa shape index (κ1) is 26.0. The minimum Gasteiger partial charge on any atom is -0.389 e. The Morgan fingerprint density at radius 1 is 0.737 bits per heavy atom. The zero-order chi connectivity index (χ0) is 26.3. The molecule has 5 aromatic rings. The van der Waals surface area contributed by atoms with Crippen molar-refractivity contribution in [2.24, 2.45) is 0 Å². The Kier molecular flexibility index (Phi) is 8.39. The van der Waals surface area contributed by atoms with Gasteiger partial charge in [-0.3, -0.25) is 0 Å². The van der Waals surface area contributed by atoms with E-state index in [9.17, 15) is 5.11 Å². The molecule has 5 heteroatoms. The maximum absolute atomic E-state index is 10.7. The zero-order valence-corrected chi connectivity index (χ0v) is 22.2. The SMILES string of the molecule is CC(C)NC[C@@H](O)CO[C@@H](CN(c1ccccc1)c1ccccc1)Cn1c2ccccc2c2ccccc21. The Balaban J connectivity index is 1.49. The van der Waals surface area contributed by atoms with Gasteiger partial charge < -0.3 is 24.6 Å². The van der Waals surface area contributed by atoms with Crippen molar-refractivity contribution in [1.29, 1.82) is 0 Å². The van der Waals surface area contributed by atoms with Gasteiger partial charge >= 0.3 is 0 Å². The molecule has 0 spiro atoms. The van der Waals surface area contributed by atoms with Gasteiger partial charge in [0.25, 0.3) is 0 Å². The number of nitrogens with zero attached hydrogens (tertiary/aromatic N) is 2. The lowest BCUT2D eigenvalue weighted by atomic mass is 10.2. The van der Waals surface area contributed by atoms with E-state index in [0.717, 1.165) is 11.4 Å². The summed E-state index contributed by atoms with van der Waals surface area (Å²) < 4.78 is 8.89. The average Bonchev–Trinajstić information content (AvgIpc) is 3.27. The van der Waals surface area contributed by atoms with Crippen LogP contribution in [0.3, 0.4) is 0 Å². The number of benzene rings is 4. The van der Waals surface area contributed by atoms with Crippen LogP contribution in [0.5, 0.6) is 0 Å². The summed E-state index contributed by atoms with van der Waals surface area (Å²) in [5, 5.41) is 16.5. The van der Waals surface area contributed by atoms with Crippen molar-refractivity contribution in [2.75, 3.05) is 24.6 Å². The molecule has 2 N–H and O–H groups in total. The molecular weight excluding hydrogens is 470 g/mol. The number of aliphatic hydroxyl groups is 1. The Hall–Kier alpha value is -3.64. The fourth-order valence-corrected chi connectivity index (χ4v) is 5.02. The lowest BCUT2D eigenvalue weighted by Crippen LogP contribution is -2.39. The van der Waals surface area contributed by atoms with E-state index in [2.05, 4.69) is 126 Å². The molecule has 0 aliphatic heterocycles. The number of aliphatic hydroxyl groups excluding tert-OH is 1. The van der Waals surface area contributed by atoms with Crippen molar-refractivity contribution < 1.29 is 9.84 Å². The van der Waals surface area contributed by atoms with Crippen molar-refractivity contribution in [3.63, 3.8) is 0 Å². The molecule has 1 heterocycles. The number of anilines is 2. The van der Waals surface area contributed by atoms with E-state index in [-0.39, 0.29) is 12.7 Å². The summed E-state index contributed by atoms with van der Waals surface area (Å²) >= 11 is 0. The summed E-state index contributed by atoms with van der Waals surface area (Å²) in [4.78, 5) is 2.30. The third kappa shape index (κ3) is 6.08. The molecule has 0 amide bonds. The van der Waals surface area contributed by atoms with Crippen molar-refractivity contribution >= 4 is 33.2 Å². The van der Waals surface area contributed by atoms with Crippen LogP contribution in [0.2, 0.25) is 0 Å². The van der Waals surface area contributed by atoms with Crippen molar-refractivity contribution in [2.45, 2.75) is 38.6 Å². The van der Waals surface area contributed by atoms with Crippen molar-refractivity contribution in [3.8, 4) is 0 Å². The van der Waals surface area contributed by atoms with E-state index < -0.39 is 6.10 Å². The van der Waals surface area contributed by atoms with Crippen LogP contribution >= 0.6 is 0 Å². The smallest absolute Gasteiger partial charge is 0.0934 e. The molecule has 5 rings (SSSR count). The Morgan fingerprint density at radius 3 is 1.76 bits per heavy atom. The number of aromatic nitrogens is 1. The van der Waals surface area contributed by atoms with Gasteiger partial charge in [0.15, 0.2) is 0 Å². The lowest BCUT2D eigenvalue weighted by Gasteiger charge is -2.31. The highest BCUT2D eigenvalue weighted by Crippen LogP contribution is 2.30. The van der Waals surface area contributed by atoms with Gasteiger partial charge in [0.1, 0.15) is 0 Å². The van der Waals surface area contributed by atoms with E-state index in [1.165, 1.54) is 21.8 Å². The predicted molar refractivity (Wildman–Crippen MR) is 158 cm³/mol. The fraction of sp³-hybridized carbons (Fsp3) is 0.273. The molecule has 0 fully saturated rings. The number of para-hydroxylation sites is 4. The van der Waals surface area contributed by atoms with Crippen LogP contribution < -0.4 is 10.2 Å². The minimum absolute atomic E-state index is 0.177. The van der Waals surface area contributed by atoms with E-state index >= 15 is 0 Å². The number of rotatable bonds is 12. The third-order valence-electron chi connectivity index (χ3n) is 6.87. The standard InChI is InChI=1S/C33H37N3O2/c1-25(2)34-21-28(37)24-38-29(22-35(26-13-5-3-6-14-26)27-15-7-4-8-16-27)23-36-32-19-11-9-17-30(32)31-18-10-12-20-33(31)36/h3-20,25,28-29,34,37H,21-24H2,1-2H3/t28-,29+/m1/s1. The largest absolute Gasteiger partial charge is 0.389 e. The van der Waals surface area contributed by atoms with Gasteiger partial charge in [0, 0.05) is 45.8 Å². The summed E-state index contributed by atoms with van der Waals surface area (Å²) in [5.74, 6) is 0. The van der Waals surface area contributed by atoms with Gasteiger partial charge in [-0.2, -0.15) is 0 Å². The van der Waals surface area contributed by atoms with E-state index in [4.69, 9.17) is 4.74 Å². The van der Waals surface area contributed by atoms with Gasteiger partial charge in [0.2, 0.25) is 0 Å². The average molecular weight is 508 g/mol. The molecule has 196 valence electrons. The predicted octanol–water partition coefficient (Wildman–Crippen LogP) is 6.38. The summed E-state index contributed by atoms with van der Waals surface area (Å²) in [6, 6.07) is 38.3. The number of hydrogen-bond donors (Lipinski definition) is 2. The van der Waals surface area contributed by atoms with Gasteiger partial charge in [0.05, 0.1) is 31.9 Å². The fourth-order valence-electron chi connectivity index (χ4n) is 5.02. The maximum atomic E-state index is 10.7. The maximum Gasteiger partial charge on any atom is 0.0934 e. The quantitative estimate of drug-likeness (QED) is 0.206. The number of nitrogens with one attached hydrogen (secondary N) is 1. The summed E-state index contributed by atoms with van der Waals surface area (Å²) in [6.45, 7) is 6.22. The van der Waals surface area contributed by atoms with Crippen LogP contribution in [-0.4, -0.2) is 47.6 Å². The highest BCUT2D eigenvalue weighted by molar-refractivity contribution is 6.07. The minimum atomic E-state index is -0.583. The first-order valence-electron chi connectivity index (χ1n) is 13.5. The zero-order valence-electron chi connectivity index (χ0n) is 22.2. The molecule has 1 aromatic heterocycles. The second kappa shape index (κ2) is 12.3. The molecule has 0 aliphatic carbocycles. The van der Waals surface area contributed by atoms with Gasteiger partial charge in [-0.05, 0) is 36.4 Å². The van der Waals surface area contributed by atoms with Crippen LogP contribution in [0.4, 0.5) is 11.4 Å². The monoisotopic (exact) mass is 507 g/mol. The van der Waals surface area contributed by atoms with Crippen LogP contribution in [0.25, 0.3) is 21.8 Å². The van der Waals surface area contributed by atoms with Crippen molar-refractivity contribution in [3.05, 3.63) is 109 Å². The molecule has 0 aliphatic rings. The Bertz CT molecular complexity index is 1340. The molecule has 5 nitrogen and oxygen atoms in total. The van der Waals surface area contributed by atoms with Crippen LogP contribution in [0.1, 0.15) is 13.8 Å². The third-order valence-corrected chi connectivity index (χ3v) is 6.87. The molecule has 0 unspecified atom stereocenters. The topological polar surface area (TPSA) is 49.7 Å². The number of hydrogen-bond acceptors (Lipinski definition) is 4. The highest BCUT2D eigenvalue weighted by atomic mass is 16.5. The van der Waals surface area contributed by atoms with Crippen LogP contribution in [0.15, 0.2) is 109 Å². The number of ether oxygens (including phenoxy) is 1. The molecule has 2 atom stereocenters. The summed E-state index contributed by atoms with van der Waals surface area (Å²) in [6.07, 6.45) is -0.761. The van der Waals surface area contributed by atoms with E-state index in [1.54, 1.807) is 0 Å². The second-order valence-electron chi connectivity index (χ2n) is 10.1. The first-order valence-corrected chi connectivity index (χ1v) is 13.5. The molecule has 0 bridgehead atoms. The van der Waals surface area contributed by atoms with Crippen molar-refractivity contribution in [1.82, 2.24) is 9.88 Å². The molecule has 0 radical (unpaired) electrons. The highest BCUT2D eigenvalue weighted by Gasteiger charge is 2.21. The van der Waals surface area contributed by atoms with Crippen LogP contribution in [0, 0.1) is 0 Å². The molecule has 0 saturated carbocycles. The van der Waals surface area contributed by atoms with E-state index in [0.29, 0.717) is 25.7 Å². The van der Waals surface area contributed by atoms with E-state index in [1.807, 2.05) is 12.1 Å². The summed E-state index contributed by atoms with van der Waals surface area (Å²) in [7, 11) is 0. The Labute approximate surface area is 225 Å². The van der Waals surface area contributed by atoms with Gasteiger partial charge in [-0.1, -0.05) is 86.6 Å². The Morgan fingerprint density at radius 2 is 1.24 bits per heavy atom. The normalized spacial score (nSPS) is 13.3. The number of fused-ring (bicyclic) bond motifs is 3.